The van der Waals surface area contributed by atoms with Crippen molar-refractivity contribution >= 4 is 23.5 Å². The van der Waals surface area contributed by atoms with Gasteiger partial charge in [0.25, 0.3) is 5.91 Å². The van der Waals surface area contributed by atoms with Crippen LogP contribution in [0.15, 0.2) is 30.4 Å². The Labute approximate surface area is 147 Å². The Bertz CT molecular complexity index is 662. The minimum absolute atomic E-state index is 0.170. The molecule has 1 aliphatic rings. The van der Waals surface area contributed by atoms with Gasteiger partial charge in [-0.3, -0.25) is 14.4 Å². The van der Waals surface area contributed by atoms with E-state index < -0.39 is 5.91 Å². The first-order valence-corrected chi connectivity index (χ1v) is 8.41. The number of hydrogen-bond acceptors (Lipinski definition) is 4. The number of allylic oxidation sites excluding steroid dienone is 2. The van der Waals surface area contributed by atoms with Gasteiger partial charge >= 0.3 is 5.97 Å². The maximum atomic E-state index is 12.0. The third-order valence-electron chi connectivity index (χ3n) is 4.14. The molecular weight excluding hydrogens is 320 g/mol. The van der Waals surface area contributed by atoms with Crippen LogP contribution in [0.1, 0.15) is 30.4 Å². The fraction of sp³-hybridized carbons (Fsp3) is 0.421. The van der Waals surface area contributed by atoms with Gasteiger partial charge in [0, 0.05) is 5.69 Å². The average molecular weight is 344 g/mol. The number of rotatable bonds is 6. The van der Waals surface area contributed by atoms with Gasteiger partial charge in [0.2, 0.25) is 5.91 Å². The molecule has 0 unspecified atom stereocenters. The summed E-state index contributed by atoms with van der Waals surface area (Å²) in [7, 11) is 0. The van der Waals surface area contributed by atoms with Gasteiger partial charge in [0.05, 0.1) is 12.5 Å². The quantitative estimate of drug-likeness (QED) is 0.612. The van der Waals surface area contributed by atoms with Crippen molar-refractivity contribution in [3.05, 3.63) is 41.5 Å². The van der Waals surface area contributed by atoms with Crippen molar-refractivity contribution in [2.24, 2.45) is 5.92 Å². The topological polar surface area (TPSA) is 84.5 Å². The van der Waals surface area contributed by atoms with E-state index in [9.17, 15) is 14.4 Å². The minimum Gasteiger partial charge on any atom is -0.455 e. The van der Waals surface area contributed by atoms with Gasteiger partial charge in [-0.2, -0.15) is 0 Å². The van der Waals surface area contributed by atoms with Crippen LogP contribution < -0.4 is 10.6 Å². The summed E-state index contributed by atoms with van der Waals surface area (Å²) < 4.78 is 5.02. The predicted octanol–water partition coefficient (Wildman–Crippen LogP) is 2.26. The molecule has 1 aromatic carbocycles. The summed E-state index contributed by atoms with van der Waals surface area (Å²) in [4.78, 5) is 35.5. The average Bonchev–Trinajstić information content (AvgIpc) is 2.62. The van der Waals surface area contributed by atoms with Crippen LogP contribution in [0.2, 0.25) is 0 Å². The number of esters is 1. The highest BCUT2D eigenvalue weighted by Gasteiger charge is 2.21. The first-order valence-electron chi connectivity index (χ1n) is 8.41. The number of amides is 2. The maximum absolute atomic E-state index is 12.0. The van der Waals surface area contributed by atoms with Crippen LogP contribution in [0.25, 0.3) is 0 Å². The summed E-state index contributed by atoms with van der Waals surface area (Å²) in [6.07, 6.45) is 6.23. The van der Waals surface area contributed by atoms with Gasteiger partial charge in [-0.05, 0) is 44.2 Å². The summed E-state index contributed by atoms with van der Waals surface area (Å²) in [6, 6.07) is 5.72. The second-order valence-electron chi connectivity index (χ2n) is 6.18. The van der Waals surface area contributed by atoms with E-state index >= 15 is 0 Å². The van der Waals surface area contributed by atoms with Crippen LogP contribution in [0.4, 0.5) is 5.69 Å². The number of para-hydroxylation sites is 1. The van der Waals surface area contributed by atoms with Gasteiger partial charge in [-0.1, -0.05) is 30.4 Å². The summed E-state index contributed by atoms with van der Waals surface area (Å²) in [6.45, 7) is 3.27. The Morgan fingerprint density at radius 3 is 2.48 bits per heavy atom. The van der Waals surface area contributed by atoms with Crippen molar-refractivity contribution in [2.45, 2.75) is 33.1 Å². The van der Waals surface area contributed by atoms with Gasteiger partial charge in [-0.15, -0.1) is 0 Å². The second kappa shape index (κ2) is 9.01. The number of carbonyl (C=O) groups is 3. The van der Waals surface area contributed by atoms with E-state index in [1.807, 2.05) is 44.2 Å². The van der Waals surface area contributed by atoms with Crippen molar-refractivity contribution in [3.63, 3.8) is 0 Å². The second-order valence-corrected chi connectivity index (χ2v) is 6.18. The highest BCUT2D eigenvalue weighted by molar-refractivity contribution is 5.96. The molecule has 25 heavy (non-hydrogen) atoms. The molecule has 0 heterocycles. The van der Waals surface area contributed by atoms with E-state index in [1.54, 1.807) is 0 Å². The fourth-order valence-electron chi connectivity index (χ4n) is 2.69. The van der Waals surface area contributed by atoms with Crippen LogP contribution in [0, 0.1) is 19.8 Å². The first kappa shape index (κ1) is 18.7. The van der Waals surface area contributed by atoms with Crippen molar-refractivity contribution in [2.75, 3.05) is 18.5 Å². The Kier molecular flexibility index (Phi) is 6.74. The van der Waals surface area contributed by atoms with Gasteiger partial charge in [0.1, 0.15) is 0 Å². The molecule has 0 saturated carbocycles. The van der Waals surface area contributed by atoms with E-state index in [1.165, 1.54) is 0 Å². The molecule has 0 aromatic heterocycles. The molecule has 0 saturated heterocycles. The molecule has 134 valence electrons. The Morgan fingerprint density at radius 2 is 1.84 bits per heavy atom. The molecular formula is C19H24N2O4. The van der Waals surface area contributed by atoms with E-state index in [2.05, 4.69) is 10.6 Å². The number of carbonyl (C=O) groups excluding carboxylic acids is 3. The number of ether oxygens (including phenoxy) is 1. The smallest absolute Gasteiger partial charge is 0.309 e. The number of anilines is 1. The van der Waals surface area contributed by atoms with E-state index in [4.69, 9.17) is 4.74 Å². The standard InChI is InChI=1S/C19H24N2O4/c1-13-7-6-8-14(2)18(13)21-16(22)11-20-17(23)12-25-19(24)15-9-4-3-5-10-15/h3-4,6-8,15H,5,9-12H2,1-2H3,(H,20,23)(H,21,22)/t15-/m0/s1. The molecule has 1 atom stereocenters. The molecule has 2 rings (SSSR count). The van der Waals surface area contributed by atoms with Crippen molar-refractivity contribution in [1.29, 1.82) is 0 Å². The molecule has 0 bridgehead atoms. The van der Waals surface area contributed by atoms with E-state index in [0.717, 1.165) is 29.7 Å². The van der Waals surface area contributed by atoms with Gasteiger partial charge < -0.3 is 15.4 Å². The summed E-state index contributed by atoms with van der Waals surface area (Å²) >= 11 is 0. The highest BCUT2D eigenvalue weighted by atomic mass is 16.5. The zero-order valence-corrected chi connectivity index (χ0v) is 14.6. The Hall–Kier alpha value is -2.63. The molecule has 1 aromatic rings. The molecule has 2 N–H and O–H groups in total. The van der Waals surface area contributed by atoms with Crippen molar-refractivity contribution in [1.82, 2.24) is 5.32 Å². The molecule has 2 amide bonds. The fourth-order valence-corrected chi connectivity index (χ4v) is 2.69. The minimum atomic E-state index is -0.489. The van der Waals surface area contributed by atoms with Gasteiger partial charge in [0.15, 0.2) is 6.61 Å². The Balaban J connectivity index is 1.71. The van der Waals surface area contributed by atoms with Crippen LogP contribution in [-0.2, 0) is 19.1 Å². The molecule has 0 spiro atoms. The normalized spacial score (nSPS) is 16.2. The summed E-state index contributed by atoms with van der Waals surface area (Å²) in [5.41, 5.74) is 2.66. The van der Waals surface area contributed by atoms with Crippen LogP contribution in [0.3, 0.4) is 0 Å². The van der Waals surface area contributed by atoms with Crippen LogP contribution >= 0.6 is 0 Å². The third-order valence-corrected chi connectivity index (χ3v) is 4.14. The van der Waals surface area contributed by atoms with Crippen molar-refractivity contribution < 1.29 is 19.1 Å². The third kappa shape index (κ3) is 5.74. The lowest BCUT2D eigenvalue weighted by Crippen LogP contribution is -2.36. The number of aryl methyl sites for hydroxylation is 2. The molecule has 0 radical (unpaired) electrons. The lowest BCUT2D eigenvalue weighted by molar-refractivity contribution is -0.152. The van der Waals surface area contributed by atoms with E-state index in [0.29, 0.717) is 6.42 Å². The lowest BCUT2D eigenvalue weighted by Gasteiger charge is -2.16. The highest BCUT2D eigenvalue weighted by Crippen LogP contribution is 2.20. The van der Waals surface area contributed by atoms with Gasteiger partial charge in [-0.25, -0.2) is 0 Å². The monoisotopic (exact) mass is 344 g/mol. The predicted molar refractivity (Wildman–Crippen MR) is 95.0 cm³/mol. The molecule has 1 aliphatic carbocycles. The zero-order valence-electron chi connectivity index (χ0n) is 14.6. The molecule has 6 heteroatoms. The number of nitrogens with one attached hydrogen (secondary N) is 2. The number of hydrogen-bond donors (Lipinski definition) is 2. The van der Waals surface area contributed by atoms with Crippen LogP contribution in [0.5, 0.6) is 0 Å². The Morgan fingerprint density at radius 1 is 1.12 bits per heavy atom. The molecule has 0 aliphatic heterocycles. The largest absolute Gasteiger partial charge is 0.455 e. The molecule has 0 fully saturated rings. The maximum Gasteiger partial charge on any atom is 0.309 e. The summed E-state index contributed by atoms with van der Waals surface area (Å²) in [5, 5.41) is 5.24. The van der Waals surface area contributed by atoms with Crippen molar-refractivity contribution in [3.8, 4) is 0 Å². The first-order chi connectivity index (χ1) is 12.0. The van der Waals surface area contributed by atoms with E-state index in [-0.39, 0.29) is 30.9 Å². The number of benzene rings is 1. The molecule has 6 nitrogen and oxygen atoms in total. The summed E-state index contributed by atoms with van der Waals surface area (Å²) in [5.74, 6) is -1.35. The lowest BCUT2D eigenvalue weighted by atomic mass is 9.95. The SMILES string of the molecule is Cc1cccc(C)c1NC(=O)CNC(=O)COC(=O)[C@H]1CC=CCC1. The van der Waals surface area contributed by atoms with Crippen LogP contribution in [-0.4, -0.2) is 30.9 Å². The zero-order chi connectivity index (χ0) is 18.2.